The second-order valence-electron chi connectivity index (χ2n) is 2.04. The van der Waals surface area contributed by atoms with Gasteiger partial charge in [-0.1, -0.05) is 12.1 Å². The second kappa shape index (κ2) is 3.22. The van der Waals surface area contributed by atoms with Gasteiger partial charge in [-0.25, -0.2) is 0 Å². The summed E-state index contributed by atoms with van der Waals surface area (Å²) in [6.45, 7) is 0.490. The Morgan fingerprint density at radius 1 is 1.50 bits per heavy atom. The largest absolute Gasteiger partial charge is 0.508 e. The van der Waals surface area contributed by atoms with Crippen LogP contribution < -0.4 is 5.73 Å². The molecule has 0 bridgehead atoms. The van der Waals surface area contributed by atoms with Gasteiger partial charge in [0.25, 0.3) is 0 Å². The molecule has 0 aliphatic heterocycles. The van der Waals surface area contributed by atoms with Gasteiger partial charge in [0, 0.05) is 0 Å². The zero-order valence-corrected chi connectivity index (χ0v) is 5.59. The van der Waals surface area contributed by atoms with Gasteiger partial charge in [0.1, 0.15) is 5.75 Å². The summed E-state index contributed by atoms with van der Waals surface area (Å²) < 4.78 is 14.5. The first-order valence-corrected chi connectivity index (χ1v) is 3.14. The van der Waals surface area contributed by atoms with E-state index < -0.39 is 0 Å². The van der Waals surface area contributed by atoms with Gasteiger partial charge < -0.3 is 10.8 Å². The fraction of sp³-hybridized carbons (Fsp3) is 0.250. The highest BCUT2D eigenvalue weighted by Crippen LogP contribution is 2.09. The van der Waals surface area contributed by atoms with Crippen LogP contribution in [0.5, 0.6) is 5.75 Å². The molecule has 0 saturated heterocycles. The molecule has 1 rings (SSSR count). The molecule has 0 spiro atoms. The fourth-order valence-corrected chi connectivity index (χ4v) is 0.716. The van der Waals surface area contributed by atoms with E-state index in [1.165, 1.54) is 12.1 Å². The monoisotopic (exact) mass is 139 g/mol. The molecule has 2 heteroatoms. The van der Waals surface area contributed by atoms with Gasteiger partial charge in [-0.05, 0) is 30.6 Å². The van der Waals surface area contributed by atoms with Crippen LogP contribution in [-0.4, -0.2) is 11.7 Å². The highest BCUT2D eigenvalue weighted by Gasteiger charge is 1.89. The van der Waals surface area contributed by atoms with Crippen LogP contribution in [0.2, 0.25) is 0 Å². The molecule has 0 radical (unpaired) electrons. The molecule has 54 valence electrons. The molecule has 0 heterocycles. The lowest BCUT2D eigenvalue weighted by atomic mass is 10.1. The molecular weight excluding hydrogens is 126 g/mol. The standard InChI is InChI=1S/C8H11NO/c9-6-5-7-1-3-8(10)4-2-7/h1-4,10H,5-6,9H2/i3D,4D. The lowest BCUT2D eigenvalue weighted by Crippen LogP contribution is -2.01. The first kappa shape index (κ1) is 4.74. The number of rotatable bonds is 2. The van der Waals surface area contributed by atoms with E-state index >= 15 is 0 Å². The van der Waals surface area contributed by atoms with E-state index in [0.717, 1.165) is 5.56 Å². The van der Waals surface area contributed by atoms with E-state index in [-0.39, 0.29) is 17.8 Å². The van der Waals surface area contributed by atoms with Crippen LogP contribution in [0.3, 0.4) is 0 Å². The Balaban J connectivity index is 3.04. The zero-order valence-electron chi connectivity index (χ0n) is 7.59. The summed E-state index contributed by atoms with van der Waals surface area (Å²) in [5, 5.41) is 9.09. The number of nitrogens with two attached hydrogens (primary N) is 1. The van der Waals surface area contributed by atoms with E-state index in [9.17, 15) is 0 Å². The number of hydrogen-bond acceptors (Lipinski definition) is 2. The van der Waals surface area contributed by atoms with Gasteiger partial charge >= 0.3 is 0 Å². The fourth-order valence-electron chi connectivity index (χ4n) is 0.716. The third-order valence-corrected chi connectivity index (χ3v) is 1.22. The third kappa shape index (κ3) is 1.74. The van der Waals surface area contributed by atoms with Crippen LogP contribution in [0.25, 0.3) is 0 Å². The molecule has 2 nitrogen and oxygen atoms in total. The van der Waals surface area contributed by atoms with E-state index in [0.29, 0.717) is 13.0 Å². The Hall–Kier alpha value is -1.02. The van der Waals surface area contributed by atoms with Crippen molar-refractivity contribution in [3.63, 3.8) is 0 Å². The average Bonchev–Trinajstić information content (AvgIpc) is 2.01. The Labute approximate surface area is 63.1 Å². The second-order valence-corrected chi connectivity index (χ2v) is 2.04. The summed E-state index contributed by atoms with van der Waals surface area (Å²) in [5.74, 6) is -0.268. The first-order valence-electron chi connectivity index (χ1n) is 4.14. The molecule has 10 heavy (non-hydrogen) atoms. The number of hydrogen-bond donors (Lipinski definition) is 2. The molecule has 0 aliphatic carbocycles. The number of benzene rings is 1. The van der Waals surface area contributed by atoms with Gasteiger partial charge in [-0.3, -0.25) is 0 Å². The van der Waals surface area contributed by atoms with Crippen molar-refractivity contribution in [1.29, 1.82) is 0 Å². The van der Waals surface area contributed by atoms with Crippen LogP contribution in [0.15, 0.2) is 24.2 Å². The Morgan fingerprint density at radius 3 is 2.60 bits per heavy atom. The Kier molecular flexibility index (Phi) is 1.53. The maximum absolute atomic E-state index is 9.09. The van der Waals surface area contributed by atoms with Crippen LogP contribution in [0, 0.1) is 0 Å². The van der Waals surface area contributed by atoms with Crippen molar-refractivity contribution in [2.75, 3.05) is 6.54 Å². The Bertz CT molecular complexity index is 265. The minimum Gasteiger partial charge on any atom is -0.508 e. The predicted molar refractivity (Wildman–Crippen MR) is 40.9 cm³/mol. The molecule has 0 fully saturated rings. The number of phenols is 1. The SMILES string of the molecule is [2H]c1cc(CCN)cc([2H])c1O. The minimum absolute atomic E-state index is 0.00838. The van der Waals surface area contributed by atoms with E-state index in [4.69, 9.17) is 13.6 Å². The smallest absolute Gasteiger partial charge is 0.115 e. The van der Waals surface area contributed by atoms with Crippen molar-refractivity contribution in [1.82, 2.24) is 0 Å². The van der Waals surface area contributed by atoms with Gasteiger partial charge in [0.2, 0.25) is 0 Å². The van der Waals surface area contributed by atoms with Crippen LogP contribution in [0.4, 0.5) is 0 Å². The molecule has 0 atom stereocenters. The van der Waals surface area contributed by atoms with Crippen molar-refractivity contribution in [3.05, 3.63) is 29.8 Å². The normalized spacial score (nSPS) is 12.5. The average molecular weight is 139 g/mol. The summed E-state index contributed by atoms with van der Waals surface area (Å²) in [5.41, 5.74) is 6.14. The van der Waals surface area contributed by atoms with Gasteiger partial charge in [-0.15, -0.1) is 0 Å². The Morgan fingerprint density at radius 2 is 2.10 bits per heavy atom. The van der Waals surface area contributed by atoms with E-state index in [1.54, 1.807) is 0 Å². The maximum Gasteiger partial charge on any atom is 0.115 e. The quantitative estimate of drug-likeness (QED) is 0.639. The zero-order chi connectivity index (χ0) is 9.14. The van der Waals surface area contributed by atoms with Crippen molar-refractivity contribution >= 4 is 0 Å². The van der Waals surface area contributed by atoms with Crippen molar-refractivity contribution in [2.45, 2.75) is 6.42 Å². The summed E-state index contributed by atoms with van der Waals surface area (Å²) in [4.78, 5) is 0. The minimum atomic E-state index is -0.268. The third-order valence-electron chi connectivity index (χ3n) is 1.22. The van der Waals surface area contributed by atoms with Crippen molar-refractivity contribution < 1.29 is 7.85 Å². The highest BCUT2D eigenvalue weighted by molar-refractivity contribution is 5.25. The van der Waals surface area contributed by atoms with E-state index in [1.807, 2.05) is 0 Å². The van der Waals surface area contributed by atoms with Gasteiger partial charge in [0.05, 0.1) is 2.74 Å². The molecule has 1 aromatic rings. The van der Waals surface area contributed by atoms with Crippen molar-refractivity contribution in [2.24, 2.45) is 5.73 Å². The number of aromatic hydroxyl groups is 1. The van der Waals surface area contributed by atoms with Crippen LogP contribution in [-0.2, 0) is 6.42 Å². The summed E-state index contributed by atoms with van der Waals surface area (Å²) >= 11 is 0. The summed E-state index contributed by atoms with van der Waals surface area (Å²) in [7, 11) is 0. The molecule has 0 saturated carbocycles. The molecule has 1 aromatic carbocycles. The summed E-state index contributed by atoms with van der Waals surface area (Å²) in [6.07, 6.45) is 0.637. The number of phenolic OH excluding ortho intramolecular Hbond substituents is 1. The molecule has 3 N–H and O–H groups in total. The predicted octanol–water partition coefficient (Wildman–Crippen LogP) is 0.893. The molecule has 0 aliphatic rings. The topological polar surface area (TPSA) is 46.2 Å². The molecule has 0 unspecified atom stereocenters. The summed E-state index contributed by atoms with van der Waals surface area (Å²) in [6, 6.07) is 3.04. The maximum atomic E-state index is 9.09. The lowest BCUT2D eigenvalue weighted by Gasteiger charge is -1.96. The molecule has 0 amide bonds. The highest BCUT2D eigenvalue weighted by atomic mass is 16.3. The lowest BCUT2D eigenvalue weighted by molar-refractivity contribution is 0.475. The molecular formula is C8H11NO. The van der Waals surface area contributed by atoms with Crippen LogP contribution >= 0.6 is 0 Å². The van der Waals surface area contributed by atoms with E-state index in [2.05, 4.69) is 0 Å². The molecule has 0 aromatic heterocycles. The van der Waals surface area contributed by atoms with Crippen LogP contribution in [0.1, 0.15) is 8.30 Å². The first-order chi connectivity index (χ1) is 5.65. The van der Waals surface area contributed by atoms with Gasteiger partial charge in [0.15, 0.2) is 0 Å². The van der Waals surface area contributed by atoms with Gasteiger partial charge in [-0.2, -0.15) is 0 Å². The van der Waals surface area contributed by atoms with Crippen molar-refractivity contribution in [3.8, 4) is 5.75 Å².